The number of hydrogen-bond acceptors (Lipinski definition) is 4. The molecule has 1 aliphatic rings. The van der Waals surface area contributed by atoms with Crippen LogP contribution in [0, 0.1) is 0 Å². The zero-order valence-electron chi connectivity index (χ0n) is 10.7. The second kappa shape index (κ2) is 4.84. The van der Waals surface area contributed by atoms with Crippen LogP contribution in [-0.4, -0.2) is 27.9 Å². The van der Waals surface area contributed by atoms with Crippen LogP contribution in [0.2, 0.25) is 0 Å². The Morgan fingerprint density at radius 3 is 2.89 bits per heavy atom. The van der Waals surface area contributed by atoms with Crippen molar-refractivity contribution < 1.29 is 9.53 Å². The smallest absolute Gasteiger partial charge is 0.172 e. The molecule has 19 heavy (non-hydrogen) atoms. The first-order valence-electron chi connectivity index (χ1n) is 6.48. The second-order valence-corrected chi connectivity index (χ2v) is 4.56. The van der Waals surface area contributed by atoms with Gasteiger partial charge in [0.1, 0.15) is 17.1 Å². The van der Waals surface area contributed by atoms with Crippen molar-refractivity contribution in [3.63, 3.8) is 0 Å². The van der Waals surface area contributed by atoms with Gasteiger partial charge in [0.05, 0.1) is 12.3 Å². The van der Waals surface area contributed by atoms with Crippen LogP contribution in [0.15, 0.2) is 24.3 Å². The molecular formula is C14H15N3O2. The number of aromatic nitrogens is 3. The molecule has 0 saturated heterocycles. The van der Waals surface area contributed by atoms with Gasteiger partial charge in [0.15, 0.2) is 6.29 Å². The molecule has 0 amide bonds. The van der Waals surface area contributed by atoms with E-state index >= 15 is 0 Å². The lowest BCUT2D eigenvalue weighted by atomic mass is 10.2. The van der Waals surface area contributed by atoms with Gasteiger partial charge in [0, 0.05) is 5.92 Å². The van der Waals surface area contributed by atoms with Crippen molar-refractivity contribution >= 4 is 6.29 Å². The van der Waals surface area contributed by atoms with Crippen molar-refractivity contribution in [1.82, 2.24) is 15.0 Å². The van der Waals surface area contributed by atoms with E-state index in [0.717, 1.165) is 36.3 Å². The standard InChI is InChI=1S/C14H15N3O2/c1-2-19-13-6-4-3-5-12(13)17-14(10-7-8-10)11(9-18)15-16-17/h3-6,9-10H,2,7-8H2,1H3. The summed E-state index contributed by atoms with van der Waals surface area (Å²) in [5.41, 5.74) is 2.18. The molecule has 0 N–H and O–H groups in total. The normalized spacial score (nSPS) is 14.4. The van der Waals surface area contributed by atoms with E-state index in [0.29, 0.717) is 18.2 Å². The lowest BCUT2D eigenvalue weighted by Crippen LogP contribution is -2.05. The highest BCUT2D eigenvalue weighted by Gasteiger charge is 2.32. The maximum atomic E-state index is 11.1. The summed E-state index contributed by atoms with van der Waals surface area (Å²) in [6.45, 7) is 2.53. The summed E-state index contributed by atoms with van der Waals surface area (Å²) in [6.07, 6.45) is 2.95. The number of carbonyl (C=O) groups is 1. The zero-order valence-corrected chi connectivity index (χ0v) is 10.7. The fraction of sp³-hybridized carbons (Fsp3) is 0.357. The highest BCUT2D eigenvalue weighted by atomic mass is 16.5. The minimum atomic E-state index is 0.393. The van der Waals surface area contributed by atoms with Crippen molar-refractivity contribution in [1.29, 1.82) is 0 Å². The van der Waals surface area contributed by atoms with Crippen LogP contribution < -0.4 is 4.74 Å². The van der Waals surface area contributed by atoms with E-state index in [9.17, 15) is 4.79 Å². The van der Waals surface area contributed by atoms with Crippen LogP contribution in [-0.2, 0) is 0 Å². The van der Waals surface area contributed by atoms with Crippen molar-refractivity contribution in [3.05, 3.63) is 35.7 Å². The summed E-state index contributed by atoms with van der Waals surface area (Å²) >= 11 is 0. The highest BCUT2D eigenvalue weighted by Crippen LogP contribution is 2.42. The molecule has 0 radical (unpaired) electrons. The van der Waals surface area contributed by atoms with E-state index in [1.807, 2.05) is 31.2 Å². The van der Waals surface area contributed by atoms with E-state index in [1.54, 1.807) is 4.68 Å². The molecule has 5 nitrogen and oxygen atoms in total. The molecule has 0 aliphatic heterocycles. The SMILES string of the molecule is CCOc1ccccc1-n1nnc(C=O)c1C1CC1. The third kappa shape index (κ3) is 2.12. The molecule has 5 heteroatoms. The molecule has 1 aliphatic carbocycles. The Morgan fingerprint density at radius 2 is 2.21 bits per heavy atom. The Labute approximate surface area is 111 Å². The van der Waals surface area contributed by atoms with Crippen molar-refractivity contribution in [2.45, 2.75) is 25.7 Å². The Morgan fingerprint density at radius 1 is 1.42 bits per heavy atom. The molecule has 0 spiro atoms. The maximum absolute atomic E-state index is 11.1. The van der Waals surface area contributed by atoms with Gasteiger partial charge in [-0.1, -0.05) is 17.3 Å². The predicted octanol–water partition coefficient (Wildman–Crippen LogP) is 2.36. The van der Waals surface area contributed by atoms with Crippen molar-refractivity contribution in [2.24, 2.45) is 0 Å². The molecule has 2 aromatic rings. The van der Waals surface area contributed by atoms with Crippen LogP contribution in [0.25, 0.3) is 5.69 Å². The molecule has 1 saturated carbocycles. The van der Waals surface area contributed by atoms with Gasteiger partial charge in [-0.15, -0.1) is 5.10 Å². The highest BCUT2D eigenvalue weighted by molar-refractivity contribution is 5.74. The fourth-order valence-electron chi connectivity index (χ4n) is 2.21. The first-order chi connectivity index (χ1) is 9.35. The fourth-order valence-corrected chi connectivity index (χ4v) is 2.21. The van der Waals surface area contributed by atoms with E-state index in [2.05, 4.69) is 10.3 Å². The second-order valence-electron chi connectivity index (χ2n) is 4.56. The van der Waals surface area contributed by atoms with Gasteiger partial charge in [-0.3, -0.25) is 4.79 Å². The number of nitrogens with zero attached hydrogens (tertiary/aromatic N) is 3. The van der Waals surface area contributed by atoms with Gasteiger partial charge in [-0.2, -0.15) is 0 Å². The van der Waals surface area contributed by atoms with Crippen LogP contribution >= 0.6 is 0 Å². The third-order valence-corrected chi connectivity index (χ3v) is 3.20. The Bertz CT molecular complexity index is 602. The van der Waals surface area contributed by atoms with Gasteiger partial charge in [-0.25, -0.2) is 4.68 Å². The Hall–Kier alpha value is -2.17. The summed E-state index contributed by atoms with van der Waals surface area (Å²) in [7, 11) is 0. The number of hydrogen-bond donors (Lipinski definition) is 0. The first-order valence-corrected chi connectivity index (χ1v) is 6.48. The number of carbonyl (C=O) groups excluding carboxylic acids is 1. The molecule has 1 aromatic carbocycles. The minimum Gasteiger partial charge on any atom is -0.492 e. The monoisotopic (exact) mass is 257 g/mol. The Balaban J connectivity index is 2.11. The molecule has 1 fully saturated rings. The molecule has 0 unspecified atom stereocenters. The van der Waals surface area contributed by atoms with Gasteiger partial charge in [-0.05, 0) is 31.9 Å². The minimum absolute atomic E-state index is 0.393. The number of aldehydes is 1. The van der Waals surface area contributed by atoms with E-state index in [4.69, 9.17) is 4.74 Å². The van der Waals surface area contributed by atoms with Crippen molar-refractivity contribution in [2.75, 3.05) is 6.61 Å². The predicted molar refractivity (Wildman–Crippen MR) is 69.9 cm³/mol. The maximum Gasteiger partial charge on any atom is 0.172 e. The van der Waals surface area contributed by atoms with Gasteiger partial charge >= 0.3 is 0 Å². The number of para-hydroxylation sites is 2. The summed E-state index contributed by atoms with van der Waals surface area (Å²) in [6, 6.07) is 7.68. The number of ether oxygens (including phenoxy) is 1. The average molecular weight is 257 g/mol. The number of benzene rings is 1. The first kappa shape index (κ1) is 11.9. The summed E-state index contributed by atoms with van der Waals surface area (Å²) < 4.78 is 7.35. The molecule has 3 rings (SSSR count). The van der Waals surface area contributed by atoms with Gasteiger partial charge in [0.25, 0.3) is 0 Å². The Kier molecular flexibility index (Phi) is 3.03. The van der Waals surface area contributed by atoms with E-state index in [1.165, 1.54) is 0 Å². The summed E-state index contributed by atoms with van der Waals surface area (Å²) in [5.74, 6) is 1.15. The molecule has 98 valence electrons. The van der Waals surface area contributed by atoms with Crippen LogP contribution in [0.5, 0.6) is 5.75 Å². The molecule has 1 heterocycles. The van der Waals surface area contributed by atoms with E-state index < -0.39 is 0 Å². The molecule has 0 atom stereocenters. The topological polar surface area (TPSA) is 57.0 Å². The average Bonchev–Trinajstić information content (AvgIpc) is 3.19. The third-order valence-electron chi connectivity index (χ3n) is 3.20. The number of rotatable bonds is 5. The van der Waals surface area contributed by atoms with E-state index in [-0.39, 0.29) is 0 Å². The van der Waals surface area contributed by atoms with Gasteiger partial charge in [0.2, 0.25) is 0 Å². The molecule has 0 bridgehead atoms. The quantitative estimate of drug-likeness (QED) is 0.771. The summed E-state index contributed by atoms with van der Waals surface area (Å²) in [5, 5.41) is 8.08. The lowest BCUT2D eigenvalue weighted by Gasteiger charge is -2.11. The van der Waals surface area contributed by atoms with Gasteiger partial charge < -0.3 is 4.74 Å². The van der Waals surface area contributed by atoms with Crippen LogP contribution in [0.4, 0.5) is 0 Å². The zero-order chi connectivity index (χ0) is 13.2. The van der Waals surface area contributed by atoms with Crippen LogP contribution in [0.1, 0.15) is 41.9 Å². The van der Waals surface area contributed by atoms with Crippen LogP contribution in [0.3, 0.4) is 0 Å². The molecular weight excluding hydrogens is 242 g/mol. The largest absolute Gasteiger partial charge is 0.492 e. The lowest BCUT2D eigenvalue weighted by molar-refractivity contribution is 0.111. The molecule has 1 aromatic heterocycles. The summed E-state index contributed by atoms with van der Waals surface area (Å²) in [4.78, 5) is 11.1. The van der Waals surface area contributed by atoms with Crippen molar-refractivity contribution in [3.8, 4) is 11.4 Å².